The number of carbonyl (C=O) groups excluding carboxylic acids is 1. The highest BCUT2D eigenvalue weighted by Gasteiger charge is 2.29. The molecule has 4 nitrogen and oxygen atoms in total. The van der Waals surface area contributed by atoms with E-state index in [4.69, 9.17) is 4.98 Å². The molecule has 2 heterocycles. The molecule has 0 aliphatic carbocycles. The van der Waals surface area contributed by atoms with Crippen LogP contribution in [0.2, 0.25) is 0 Å². The Morgan fingerprint density at radius 3 is 3.05 bits per heavy atom. The number of hydrogen-bond acceptors (Lipinski definition) is 4. The Morgan fingerprint density at radius 1 is 1.45 bits per heavy atom. The number of carbonyl (C=O) groups is 1. The molecule has 2 aromatic rings. The molecule has 0 unspecified atom stereocenters. The highest BCUT2D eigenvalue weighted by molar-refractivity contribution is 7.18. The van der Waals surface area contributed by atoms with E-state index in [2.05, 4.69) is 42.3 Å². The zero-order valence-corrected chi connectivity index (χ0v) is 14.0. The summed E-state index contributed by atoms with van der Waals surface area (Å²) in [6, 6.07) is 8.55. The topological polar surface area (TPSA) is 45.2 Å². The van der Waals surface area contributed by atoms with Crippen molar-refractivity contribution < 1.29 is 4.79 Å². The van der Waals surface area contributed by atoms with Gasteiger partial charge in [0.2, 0.25) is 5.91 Å². The van der Waals surface area contributed by atoms with E-state index in [0.29, 0.717) is 18.5 Å². The van der Waals surface area contributed by atoms with Gasteiger partial charge in [-0.2, -0.15) is 0 Å². The van der Waals surface area contributed by atoms with E-state index in [0.717, 1.165) is 36.5 Å². The number of rotatable bonds is 5. The van der Waals surface area contributed by atoms with Crippen LogP contribution in [0.15, 0.2) is 24.3 Å². The molecule has 22 heavy (non-hydrogen) atoms. The van der Waals surface area contributed by atoms with E-state index in [1.165, 1.54) is 4.70 Å². The normalized spacial score (nSPS) is 19.1. The Hall–Kier alpha value is -1.46. The molecule has 1 aliphatic heterocycles. The van der Waals surface area contributed by atoms with Gasteiger partial charge in [0.25, 0.3) is 0 Å². The van der Waals surface area contributed by atoms with Crippen molar-refractivity contribution in [1.29, 1.82) is 0 Å². The molecule has 1 atom stereocenters. The molecule has 1 saturated heterocycles. The second-order valence-corrected chi connectivity index (χ2v) is 7.41. The summed E-state index contributed by atoms with van der Waals surface area (Å²) < 4.78 is 1.23. The van der Waals surface area contributed by atoms with Crippen LogP contribution in [-0.4, -0.2) is 35.4 Å². The molecule has 1 aromatic carbocycles. The van der Waals surface area contributed by atoms with Gasteiger partial charge in [0, 0.05) is 6.54 Å². The monoisotopic (exact) mass is 317 g/mol. The second-order valence-electron chi connectivity index (χ2n) is 6.35. The summed E-state index contributed by atoms with van der Waals surface area (Å²) >= 11 is 1.76. The van der Waals surface area contributed by atoms with Gasteiger partial charge in [-0.3, -0.25) is 9.69 Å². The maximum absolute atomic E-state index is 12.1. The average Bonchev–Trinajstić information content (AvgIpc) is 3.10. The summed E-state index contributed by atoms with van der Waals surface area (Å²) in [5.74, 6) is 0.615. The lowest BCUT2D eigenvalue weighted by molar-refractivity contribution is -0.122. The van der Waals surface area contributed by atoms with Gasteiger partial charge in [0.05, 0.1) is 22.8 Å². The van der Waals surface area contributed by atoms with Crippen molar-refractivity contribution in [2.45, 2.75) is 32.7 Å². The van der Waals surface area contributed by atoms with E-state index in [-0.39, 0.29) is 5.91 Å². The quantitative estimate of drug-likeness (QED) is 0.921. The predicted octanol–water partition coefficient (Wildman–Crippen LogP) is 3.21. The van der Waals surface area contributed by atoms with Gasteiger partial charge in [0.1, 0.15) is 5.01 Å². The lowest BCUT2D eigenvalue weighted by Crippen LogP contribution is -2.38. The molecule has 118 valence electrons. The summed E-state index contributed by atoms with van der Waals surface area (Å²) in [6.07, 6.45) is 2.23. The first-order valence-corrected chi connectivity index (χ1v) is 8.81. The third-order valence-corrected chi connectivity index (χ3v) is 5.15. The Labute approximate surface area is 135 Å². The molecule has 5 heteroatoms. The Morgan fingerprint density at radius 2 is 2.27 bits per heavy atom. The summed E-state index contributed by atoms with van der Waals surface area (Å²) in [4.78, 5) is 19.1. The molecular weight excluding hydrogens is 294 g/mol. The maximum atomic E-state index is 12.1. The van der Waals surface area contributed by atoms with E-state index < -0.39 is 0 Å². The van der Waals surface area contributed by atoms with Crippen molar-refractivity contribution in [2.75, 3.05) is 19.6 Å². The Kier molecular flexibility index (Phi) is 4.74. The van der Waals surface area contributed by atoms with Gasteiger partial charge in [-0.1, -0.05) is 26.0 Å². The van der Waals surface area contributed by atoms with Crippen molar-refractivity contribution >= 4 is 27.5 Å². The molecule has 1 aliphatic rings. The van der Waals surface area contributed by atoms with Gasteiger partial charge in [-0.15, -0.1) is 11.3 Å². The highest BCUT2D eigenvalue weighted by atomic mass is 32.1. The molecule has 0 saturated carbocycles. The SMILES string of the molecule is CC(C)CNC(=O)CN1CCC[C@H]1c1nc2ccccc2s1. The molecule has 0 radical (unpaired) electrons. The summed E-state index contributed by atoms with van der Waals surface area (Å²) in [6.45, 7) is 6.43. The van der Waals surface area contributed by atoms with Gasteiger partial charge in [-0.05, 0) is 37.4 Å². The van der Waals surface area contributed by atoms with Crippen LogP contribution in [0.25, 0.3) is 10.2 Å². The second kappa shape index (κ2) is 6.75. The number of amides is 1. The van der Waals surface area contributed by atoms with Gasteiger partial charge < -0.3 is 5.32 Å². The van der Waals surface area contributed by atoms with Crippen molar-refractivity contribution in [3.8, 4) is 0 Å². The minimum Gasteiger partial charge on any atom is -0.355 e. The van der Waals surface area contributed by atoms with Gasteiger partial charge >= 0.3 is 0 Å². The molecule has 0 spiro atoms. The standard InChI is InChI=1S/C17H23N3OS/c1-12(2)10-18-16(21)11-20-9-5-7-14(20)17-19-13-6-3-4-8-15(13)22-17/h3-4,6,8,12,14H,5,7,9-11H2,1-2H3,(H,18,21)/t14-/m0/s1. The van der Waals surface area contributed by atoms with Crippen LogP contribution in [0.4, 0.5) is 0 Å². The van der Waals surface area contributed by atoms with Crippen LogP contribution in [0.5, 0.6) is 0 Å². The first kappa shape index (κ1) is 15.4. The molecular formula is C17H23N3OS. The highest BCUT2D eigenvalue weighted by Crippen LogP contribution is 2.36. The lowest BCUT2D eigenvalue weighted by atomic mass is 10.2. The van der Waals surface area contributed by atoms with Crippen LogP contribution >= 0.6 is 11.3 Å². The number of nitrogens with one attached hydrogen (secondary N) is 1. The van der Waals surface area contributed by atoms with Crippen molar-refractivity contribution in [3.63, 3.8) is 0 Å². The van der Waals surface area contributed by atoms with Crippen molar-refractivity contribution in [1.82, 2.24) is 15.2 Å². The maximum Gasteiger partial charge on any atom is 0.234 e. The number of thiazole rings is 1. The molecule has 1 amide bonds. The van der Waals surface area contributed by atoms with Crippen LogP contribution < -0.4 is 5.32 Å². The summed E-state index contributed by atoms with van der Waals surface area (Å²) in [5.41, 5.74) is 1.07. The fourth-order valence-electron chi connectivity index (χ4n) is 2.89. The van der Waals surface area contributed by atoms with Crippen LogP contribution in [0.1, 0.15) is 37.7 Å². The number of hydrogen-bond donors (Lipinski definition) is 1. The van der Waals surface area contributed by atoms with E-state index in [1.807, 2.05) is 6.07 Å². The largest absolute Gasteiger partial charge is 0.355 e. The molecule has 3 rings (SSSR count). The number of benzene rings is 1. The fraction of sp³-hybridized carbons (Fsp3) is 0.529. The molecule has 1 fully saturated rings. The smallest absolute Gasteiger partial charge is 0.234 e. The first-order valence-electron chi connectivity index (χ1n) is 7.99. The number of fused-ring (bicyclic) bond motifs is 1. The van der Waals surface area contributed by atoms with Gasteiger partial charge in [0.15, 0.2) is 0 Å². The minimum absolute atomic E-state index is 0.127. The van der Waals surface area contributed by atoms with E-state index in [9.17, 15) is 4.79 Å². The molecule has 1 N–H and O–H groups in total. The molecule has 1 aromatic heterocycles. The fourth-order valence-corrected chi connectivity index (χ4v) is 4.02. The van der Waals surface area contributed by atoms with Crippen LogP contribution in [0.3, 0.4) is 0 Å². The zero-order chi connectivity index (χ0) is 15.5. The number of likely N-dealkylation sites (tertiary alicyclic amines) is 1. The third kappa shape index (κ3) is 3.47. The first-order chi connectivity index (χ1) is 10.6. The van der Waals surface area contributed by atoms with Crippen molar-refractivity contribution in [3.05, 3.63) is 29.3 Å². The zero-order valence-electron chi connectivity index (χ0n) is 13.2. The average molecular weight is 317 g/mol. The third-order valence-electron chi connectivity index (χ3n) is 4.01. The van der Waals surface area contributed by atoms with Crippen LogP contribution in [0, 0.1) is 5.92 Å². The summed E-state index contributed by atoms with van der Waals surface area (Å²) in [5, 5.41) is 4.16. The van der Waals surface area contributed by atoms with E-state index in [1.54, 1.807) is 11.3 Å². The predicted molar refractivity (Wildman–Crippen MR) is 91.0 cm³/mol. The van der Waals surface area contributed by atoms with Crippen molar-refractivity contribution in [2.24, 2.45) is 5.92 Å². The number of nitrogens with zero attached hydrogens (tertiary/aromatic N) is 2. The Balaban J connectivity index is 1.68. The Bertz CT molecular complexity index is 619. The van der Waals surface area contributed by atoms with Gasteiger partial charge in [-0.25, -0.2) is 4.98 Å². The van der Waals surface area contributed by atoms with E-state index >= 15 is 0 Å². The number of aromatic nitrogens is 1. The molecule has 0 bridgehead atoms. The lowest BCUT2D eigenvalue weighted by Gasteiger charge is -2.22. The summed E-state index contributed by atoms with van der Waals surface area (Å²) in [7, 11) is 0. The number of para-hydroxylation sites is 1. The van der Waals surface area contributed by atoms with Crippen LogP contribution in [-0.2, 0) is 4.79 Å². The minimum atomic E-state index is 0.127.